The average molecular weight is 230 g/mol. The van der Waals surface area contributed by atoms with Crippen LogP contribution >= 0.6 is 0 Å². The van der Waals surface area contributed by atoms with Gasteiger partial charge in [-0.3, -0.25) is 4.90 Å². The molecule has 0 radical (unpaired) electrons. The van der Waals surface area contributed by atoms with Crippen LogP contribution in [-0.2, 0) is 0 Å². The molecular weight excluding hydrogens is 208 g/mol. The highest BCUT2D eigenvalue weighted by Gasteiger charge is 2.38. The summed E-state index contributed by atoms with van der Waals surface area (Å²) < 4.78 is 0. The largest absolute Gasteiger partial charge is 0.329 e. The quantitative estimate of drug-likeness (QED) is 0.864. The van der Waals surface area contributed by atoms with E-state index >= 15 is 0 Å². The van der Waals surface area contributed by atoms with Crippen molar-refractivity contribution in [2.24, 2.45) is 17.6 Å². The summed E-state index contributed by atoms with van der Waals surface area (Å²) in [6.45, 7) is 3.27. The number of benzene rings is 1. The van der Waals surface area contributed by atoms with E-state index < -0.39 is 0 Å². The van der Waals surface area contributed by atoms with E-state index in [2.05, 4.69) is 35.2 Å². The summed E-state index contributed by atoms with van der Waals surface area (Å²) >= 11 is 0. The van der Waals surface area contributed by atoms with Crippen LogP contribution in [0.3, 0.4) is 0 Å². The monoisotopic (exact) mass is 230 g/mol. The third-order valence-electron chi connectivity index (χ3n) is 4.60. The number of nitrogens with two attached hydrogens (primary N) is 1. The molecule has 2 N–H and O–H groups in total. The lowest BCUT2D eigenvalue weighted by atomic mass is 10.0. The van der Waals surface area contributed by atoms with Gasteiger partial charge in [0.25, 0.3) is 0 Å². The highest BCUT2D eigenvalue weighted by atomic mass is 15.2. The number of rotatable bonds is 3. The molecule has 2 fully saturated rings. The second kappa shape index (κ2) is 4.79. The highest BCUT2D eigenvalue weighted by Crippen LogP contribution is 2.40. The Bertz CT molecular complexity index is 350. The maximum absolute atomic E-state index is 5.99. The molecule has 1 saturated carbocycles. The van der Waals surface area contributed by atoms with Crippen LogP contribution in [0.1, 0.15) is 30.9 Å². The van der Waals surface area contributed by atoms with Gasteiger partial charge >= 0.3 is 0 Å². The highest BCUT2D eigenvalue weighted by molar-refractivity contribution is 5.20. The number of likely N-dealkylation sites (tertiary alicyclic amines) is 1. The fraction of sp³-hybridized carbons (Fsp3) is 0.600. The first-order valence-electron chi connectivity index (χ1n) is 6.87. The summed E-state index contributed by atoms with van der Waals surface area (Å²) in [6, 6.07) is 11.2. The van der Waals surface area contributed by atoms with Gasteiger partial charge in [-0.15, -0.1) is 0 Å². The SMILES string of the molecule is NCC(c1ccccc1)N1CC2CCCC2C1. The minimum Gasteiger partial charge on any atom is -0.329 e. The van der Waals surface area contributed by atoms with Gasteiger partial charge in [0.15, 0.2) is 0 Å². The van der Waals surface area contributed by atoms with Gasteiger partial charge in [0.2, 0.25) is 0 Å². The van der Waals surface area contributed by atoms with Crippen molar-refractivity contribution in [3.8, 4) is 0 Å². The van der Waals surface area contributed by atoms with Crippen molar-refractivity contribution < 1.29 is 0 Å². The lowest BCUT2D eigenvalue weighted by Gasteiger charge is -2.27. The van der Waals surface area contributed by atoms with Gasteiger partial charge in [0.05, 0.1) is 0 Å². The van der Waals surface area contributed by atoms with Gasteiger partial charge in [0.1, 0.15) is 0 Å². The van der Waals surface area contributed by atoms with Gasteiger partial charge < -0.3 is 5.73 Å². The van der Waals surface area contributed by atoms with E-state index in [0.29, 0.717) is 6.04 Å². The fourth-order valence-corrected chi connectivity index (χ4v) is 3.70. The Balaban J connectivity index is 1.74. The molecule has 0 bridgehead atoms. The Labute approximate surface area is 104 Å². The third-order valence-corrected chi connectivity index (χ3v) is 4.60. The van der Waals surface area contributed by atoms with Crippen LogP contribution in [0.25, 0.3) is 0 Å². The molecule has 3 rings (SSSR count). The van der Waals surface area contributed by atoms with Crippen LogP contribution in [0.2, 0.25) is 0 Å². The Hall–Kier alpha value is -0.860. The van der Waals surface area contributed by atoms with E-state index in [1.165, 1.54) is 37.9 Å². The molecule has 2 heteroatoms. The fourth-order valence-electron chi connectivity index (χ4n) is 3.70. The molecule has 2 aliphatic rings. The van der Waals surface area contributed by atoms with Crippen LogP contribution < -0.4 is 5.73 Å². The molecule has 0 aromatic heterocycles. The smallest absolute Gasteiger partial charge is 0.0470 e. The van der Waals surface area contributed by atoms with Crippen molar-refractivity contribution >= 4 is 0 Å². The van der Waals surface area contributed by atoms with Crippen molar-refractivity contribution in [2.75, 3.05) is 19.6 Å². The molecule has 3 unspecified atom stereocenters. The zero-order valence-electron chi connectivity index (χ0n) is 10.4. The van der Waals surface area contributed by atoms with Gasteiger partial charge in [-0.1, -0.05) is 36.8 Å². The number of nitrogens with zero attached hydrogens (tertiary/aromatic N) is 1. The van der Waals surface area contributed by atoms with Crippen LogP contribution in [-0.4, -0.2) is 24.5 Å². The molecule has 2 nitrogen and oxygen atoms in total. The Kier molecular flexibility index (Phi) is 3.17. The maximum atomic E-state index is 5.99. The number of hydrogen-bond acceptors (Lipinski definition) is 2. The molecule has 0 spiro atoms. The van der Waals surface area contributed by atoms with Crippen molar-refractivity contribution in [1.82, 2.24) is 4.90 Å². The van der Waals surface area contributed by atoms with E-state index in [0.717, 1.165) is 18.4 Å². The van der Waals surface area contributed by atoms with Crippen molar-refractivity contribution in [2.45, 2.75) is 25.3 Å². The van der Waals surface area contributed by atoms with E-state index in [1.807, 2.05) is 0 Å². The van der Waals surface area contributed by atoms with Crippen molar-refractivity contribution in [1.29, 1.82) is 0 Å². The standard InChI is InChI=1S/C15H22N2/c16-9-15(12-5-2-1-3-6-12)17-10-13-7-4-8-14(13)11-17/h1-3,5-6,13-15H,4,7-11,16H2. The van der Waals surface area contributed by atoms with E-state index in [9.17, 15) is 0 Å². The molecule has 1 aliphatic carbocycles. The maximum Gasteiger partial charge on any atom is 0.0470 e. The molecule has 0 amide bonds. The summed E-state index contributed by atoms with van der Waals surface area (Å²) in [5.74, 6) is 1.90. The Morgan fingerprint density at radius 2 is 1.76 bits per heavy atom. The van der Waals surface area contributed by atoms with Crippen LogP contribution in [0.5, 0.6) is 0 Å². The molecule has 1 aromatic rings. The predicted molar refractivity (Wildman–Crippen MR) is 70.6 cm³/mol. The molecule has 1 saturated heterocycles. The lowest BCUT2D eigenvalue weighted by Crippen LogP contribution is -2.32. The lowest BCUT2D eigenvalue weighted by molar-refractivity contribution is 0.232. The van der Waals surface area contributed by atoms with Gasteiger partial charge in [-0.2, -0.15) is 0 Å². The minimum atomic E-state index is 0.432. The zero-order chi connectivity index (χ0) is 11.7. The van der Waals surface area contributed by atoms with Crippen LogP contribution in [0, 0.1) is 11.8 Å². The first-order chi connectivity index (χ1) is 8.38. The molecule has 1 heterocycles. The van der Waals surface area contributed by atoms with Gasteiger partial charge in [-0.25, -0.2) is 0 Å². The molecular formula is C15H22N2. The zero-order valence-corrected chi connectivity index (χ0v) is 10.4. The van der Waals surface area contributed by atoms with E-state index in [-0.39, 0.29) is 0 Å². The number of hydrogen-bond donors (Lipinski definition) is 1. The minimum absolute atomic E-state index is 0.432. The molecule has 17 heavy (non-hydrogen) atoms. The summed E-state index contributed by atoms with van der Waals surface area (Å²) in [4.78, 5) is 2.61. The summed E-state index contributed by atoms with van der Waals surface area (Å²) in [7, 11) is 0. The topological polar surface area (TPSA) is 29.3 Å². The second-order valence-corrected chi connectivity index (χ2v) is 5.57. The second-order valence-electron chi connectivity index (χ2n) is 5.57. The summed E-state index contributed by atoms with van der Waals surface area (Å²) in [5.41, 5.74) is 7.38. The van der Waals surface area contributed by atoms with E-state index in [1.54, 1.807) is 0 Å². The molecule has 92 valence electrons. The molecule has 1 aromatic carbocycles. The predicted octanol–water partition coefficient (Wildman–Crippen LogP) is 2.42. The Morgan fingerprint density at radius 3 is 2.35 bits per heavy atom. The number of fused-ring (bicyclic) bond motifs is 1. The molecule has 3 atom stereocenters. The Morgan fingerprint density at radius 1 is 1.12 bits per heavy atom. The summed E-state index contributed by atoms with van der Waals surface area (Å²) in [6.07, 6.45) is 4.32. The third kappa shape index (κ3) is 2.12. The van der Waals surface area contributed by atoms with Crippen LogP contribution in [0.4, 0.5) is 0 Å². The van der Waals surface area contributed by atoms with Crippen molar-refractivity contribution in [3.63, 3.8) is 0 Å². The normalized spacial score (nSPS) is 30.4. The van der Waals surface area contributed by atoms with E-state index in [4.69, 9.17) is 5.73 Å². The van der Waals surface area contributed by atoms with Gasteiger partial charge in [-0.05, 0) is 30.2 Å². The average Bonchev–Trinajstić information content (AvgIpc) is 2.92. The van der Waals surface area contributed by atoms with Crippen molar-refractivity contribution in [3.05, 3.63) is 35.9 Å². The van der Waals surface area contributed by atoms with Crippen LogP contribution in [0.15, 0.2) is 30.3 Å². The van der Waals surface area contributed by atoms with Gasteiger partial charge in [0, 0.05) is 25.7 Å². The molecule has 1 aliphatic heterocycles. The first-order valence-corrected chi connectivity index (χ1v) is 6.87. The summed E-state index contributed by atoms with van der Waals surface area (Å²) in [5, 5.41) is 0. The first kappa shape index (κ1) is 11.2.